The molecule has 1 heterocycles. The van der Waals surface area contributed by atoms with Crippen molar-refractivity contribution in [3.05, 3.63) is 54.4 Å². The van der Waals surface area contributed by atoms with Crippen molar-refractivity contribution in [2.24, 2.45) is 10.9 Å². The number of nitrogens with two attached hydrogens (primary N) is 1. The lowest BCUT2D eigenvalue weighted by Crippen LogP contribution is -2.16. The van der Waals surface area contributed by atoms with Gasteiger partial charge < -0.3 is 10.9 Å². The summed E-state index contributed by atoms with van der Waals surface area (Å²) >= 11 is 0. The molecule has 0 bridgehead atoms. The Morgan fingerprint density at radius 3 is 2.56 bits per heavy atom. The number of hydrogen-bond donors (Lipinski definition) is 2. The maximum Gasteiger partial charge on any atom is 0.189 e. The van der Waals surface area contributed by atoms with Crippen LogP contribution in [0.1, 0.15) is 5.69 Å². The number of oxime groups is 1. The van der Waals surface area contributed by atoms with E-state index in [1.165, 1.54) is 0 Å². The summed E-state index contributed by atoms with van der Waals surface area (Å²) in [6.07, 6.45) is 1.61. The molecule has 0 amide bonds. The normalized spacial score (nSPS) is 11.4. The van der Waals surface area contributed by atoms with Crippen molar-refractivity contribution >= 4 is 5.84 Å². The van der Waals surface area contributed by atoms with Gasteiger partial charge in [-0.15, -0.1) is 0 Å². The Morgan fingerprint density at radius 2 is 1.88 bits per heavy atom. The molecule has 0 aliphatic heterocycles. The fraction of sp³-hybridized carbons (Fsp3) is 0. The monoisotopic (exact) mass is 213 g/mol. The van der Waals surface area contributed by atoms with E-state index in [1.807, 2.05) is 42.5 Å². The number of amidine groups is 1. The average Bonchev–Trinajstić information content (AvgIpc) is 2.39. The van der Waals surface area contributed by atoms with Crippen LogP contribution in [0.25, 0.3) is 11.1 Å². The summed E-state index contributed by atoms with van der Waals surface area (Å²) < 4.78 is 0. The largest absolute Gasteiger partial charge is 0.409 e. The first-order chi connectivity index (χ1) is 7.83. The molecule has 0 atom stereocenters. The smallest absolute Gasteiger partial charge is 0.189 e. The van der Waals surface area contributed by atoms with Crippen LogP contribution < -0.4 is 5.73 Å². The Kier molecular flexibility index (Phi) is 2.82. The van der Waals surface area contributed by atoms with E-state index in [2.05, 4.69) is 10.1 Å². The third-order valence-electron chi connectivity index (χ3n) is 2.24. The zero-order chi connectivity index (χ0) is 11.4. The van der Waals surface area contributed by atoms with Gasteiger partial charge in [-0.3, -0.25) is 4.98 Å². The van der Waals surface area contributed by atoms with E-state index in [1.54, 1.807) is 6.20 Å². The molecule has 0 aliphatic carbocycles. The average molecular weight is 213 g/mol. The van der Waals surface area contributed by atoms with Crippen LogP contribution in [0.2, 0.25) is 0 Å². The number of pyridine rings is 1. The predicted molar refractivity (Wildman–Crippen MR) is 62.2 cm³/mol. The molecule has 0 saturated heterocycles. The SMILES string of the molecule is NC(=NO)c1ncccc1-c1ccccc1. The van der Waals surface area contributed by atoms with Crippen LogP contribution in [0, 0.1) is 0 Å². The fourth-order valence-corrected chi connectivity index (χ4v) is 1.51. The summed E-state index contributed by atoms with van der Waals surface area (Å²) in [5.41, 5.74) is 7.88. The summed E-state index contributed by atoms with van der Waals surface area (Å²) in [5.74, 6) is 0.0134. The van der Waals surface area contributed by atoms with Crippen LogP contribution in [0.15, 0.2) is 53.8 Å². The second kappa shape index (κ2) is 4.44. The first kappa shape index (κ1) is 10.2. The summed E-state index contributed by atoms with van der Waals surface area (Å²) in [6, 6.07) is 13.4. The molecule has 2 aromatic rings. The molecule has 3 N–H and O–H groups in total. The van der Waals surface area contributed by atoms with Gasteiger partial charge in [0.15, 0.2) is 5.84 Å². The van der Waals surface area contributed by atoms with Crippen LogP contribution >= 0.6 is 0 Å². The van der Waals surface area contributed by atoms with Crippen LogP contribution in [-0.4, -0.2) is 16.0 Å². The van der Waals surface area contributed by atoms with Gasteiger partial charge in [0.2, 0.25) is 0 Å². The van der Waals surface area contributed by atoms with Gasteiger partial charge in [0.05, 0.1) is 0 Å². The van der Waals surface area contributed by atoms with Crippen molar-refractivity contribution < 1.29 is 5.21 Å². The van der Waals surface area contributed by atoms with Crippen LogP contribution in [-0.2, 0) is 0 Å². The highest BCUT2D eigenvalue weighted by Crippen LogP contribution is 2.21. The number of rotatable bonds is 2. The Balaban J connectivity index is 2.58. The highest BCUT2D eigenvalue weighted by atomic mass is 16.4. The molecule has 2 rings (SSSR count). The molecule has 0 radical (unpaired) electrons. The van der Waals surface area contributed by atoms with Crippen LogP contribution in [0.4, 0.5) is 0 Å². The number of hydrogen-bond acceptors (Lipinski definition) is 3. The molecule has 0 saturated carbocycles. The quantitative estimate of drug-likeness (QED) is 0.346. The van der Waals surface area contributed by atoms with E-state index in [4.69, 9.17) is 10.9 Å². The van der Waals surface area contributed by atoms with E-state index >= 15 is 0 Å². The topological polar surface area (TPSA) is 71.5 Å². The summed E-state index contributed by atoms with van der Waals surface area (Å²) in [5, 5.41) is 11.7. The maximum absolute atomic E-state index is 8.68. The molecule has 80 valence electrons. The first-order valence-electron chi connectivity index (χ1n) is 4.81. The minimum absolute atomic E-state index is 0.0134. The van der Waals surface area contributed by atoms with E-state index in [0.717, 1.165) is 11.1 Å². The van der Waals surface area contributed by atoms with E-state index in [9.17, 15) is 0 Å². The molecule has 4 heteroatoms. The molecule has 0 fully saturated rings. The summed E-state index contributed by atoms with van der Waals surface area (Å²) in [4.78, 5) is 4.11. The lowest BCUT2D eigenvalue weighted by atomic mass is 10.0. The minimum atomic E-state index is 0.0134. The second-order valence-electron chi connectivity index (χ2n) is 3.25. The summed E-state index contributed by atoms with van der Waals surface area (Å²) in [7, 11) is 0. The molecule has 0 spiro atoms. The van der Waals surface area contributed by atoms with Crippen molar-refractivity contribution in [3.63, 3.8) is 0 Å². The van der Waals surface area contributed by atoms with Gasteiger partial charge in [-0.1, -0.05) is 41.6 Å². The van der Waals surface area contributed by atoms with Crippen molar-refractivity contribution in [1.29, 1.82) is 0 Å². The van der Waals surface area contributed by atoms with Gasteiger partial charge in [0.1, 0.15) is 5.69 Å². The molecule has 0 aliphatic rings. The summed E-state index contributed by atoms with van der Waals surface area (Å²) in [6.45, 7) is 0. The van der Waals surface area contributed by atoms with Crippen molar-refractivity contribution in [2.75, 3.05) is 0 Å². The highest BCUT2D eigenvalue weighted by Gasteiger charge is 2.09. The van der Waals surface area contributed by atoms with Crippen LogP contribution in [0.3, 0.4) is 0 Å². The molecule has 4 nitrogen and oxygen atoms in total. The van der Waals surface area contributed by atoms with Crippen molar-refractivity contribution in [3.8, 4) is 11.1 Å². The Labute approximate surface area is 93.1 Å². The molecule has 0 unspecified atom stereocenters. The Hall–Kier alpha value is -2.36. The molecule has 1 aromatic heterocycles. The number of nitrogens with zero attached hydrogens (tertiary/aromatic N) is 2. The van der Waals surface area contributed by atoms with Gasteiger partial charge in [-0.2, -0.15) is 0 Å². The third kappa shape index (κ3) is 1.86. The maximum atomic E-state index is 8.68. The van der Waals surface area contributed by atoms with E-state index in [0.29, 0.717) is 5.69 Å². The fourth-order valence-electron chi connectivity index (χ4n) is 1.51. The minimum Gasteiger partial charge on any atom is -0.409 e. The number of aromatic nitrogens is 1. The van der Waals surface area contributed by atoms with Gasteiger partial charge in [0, 0.05) is 11.8 Å². The van der Waals surface area contributed by atoms with Gasteiger partial charge in [-0.05, 0) is 11.6 Å². The van der Waals surface area contributed by atoms with E-state index < -0.39 is 0 Å². The Morgan fingerprint density at radius 1 is 1.12 bits per heavy atom. The van der Waals surface area contributed by atoms with Gasteiger partial charge in [0.25, 0.3) is 0 Å². The molecular weight excluding hydrogens is 202 g/mol. The lowest BCUT2D eigenvalue weighted by Gasteiger charge is -2.06. The third-order valence-corrected chi connectivity index (χ3v) is 2.24. The first-order valence-corrected chi connectivity index (χ1v) is 4.81. The molecular formula is C12H11N3O. The van der Waals surface area contributed by atoms with Crippen molar-refractivity contribution in [2.45, 2.75) is 0 Å². The molecule has 16 heavy (non-hydrogen) atoms. The number of benzene rings is 1. The van der Waals surface area contributed by atoms with Crippen molar-refractivity contribution in [1.82, 2.24) is 4.98 Å². The second-order valence-corrected chi connectivity index (χ2v) is 3.25. The van der Waals surface area contributed by atoms with Crippen LogP contribution in [0.5, 0.6) is 0 Å². The van der Waals surface area contributed by atoms with E-state index in [-0.39, 0.29) is 5.84 Å². The lowest BCUT2D eigenvalue weighted by molar-refractivity contribution is 0.318. The van der Waals surface area contributed by atoms with Gasteiger partial charge in [-0.25, -0.2) is 0 Å². The molecule has 1 aromatic carbocycles. The van der Waals surface area contributed by atoms with Gasteiger partial charge >= 0.3 is 0 Å². The Bertz CT molecular complexity index is 509. The highest BCUT2D eigenvalue weighted by molar-refractivity contribution is 6.01. The zero-order valence-electron chi connectivity index (χ0n) is 8.54. The zero-order valence-corrected chi connectivity index (χ0v) is 8.54. The predicted octanol–water partition coefficient (Wildman–Crippen LogP) is 1.84. The standard InChI is InChI=1S/C12H11N3O/c13-12(15-16)11-10(7-4-8-14-11)9-5-2-1-3-6-9/h1-8,16H,(H2,13,15).